The predicted octanol–water partition coefficient (Wildman–Crippen LogP) is 2.28. The largest absolute Gasteiger partial charge is 0.301 e. The van der Waals surface area contributed by atoms with Crippen molar-refractivity contribution in [2.45, 2.75) is 32.0 Å². The summed E-state index contributed by atoms with van der Waals surface area (Å²) in [6.07, 6.45) is 5.46. The summed E-state index contributed by atoms with van der Waals surface area (Å²) in [5.74, 6) is 0.503. The fraction of sp³-hybridized carbons (Fsp3) is 0.333. The van der Waals surface area contributed by atoms with Crippen LogP contribution in [0, 0.1) is 5.82 Å². The van der Waals surface area contributed by atoms with Crippen molar-refractivity contribution in [3.8, 4) is 5.69 Å². The Morgan fingerprint density at radius 2 is 2.29 bits per heavy atom. The van der Waals surface area contributed by atoms with Crippen LogP contribution in [0.2, 0.25) is 5.02 Å². The molecule has 0 bridgehead atoms. The van der Waals surface area contributed by atoms with E-state index in [9.17, 15) is 4.39 Å². The van der Waals surface area contributed by atoms with Crippen molar-refractivity contribution >= 4 is 11.6 Å². The summed E-state index contributed by atoms with van der Waals surface area (Å²) in [6.45, 7) is 1.47. The lowest BCUT2D eigenvalue weighted by Gasteiger charge is -2.22. The van der Waals surface area contributed by atoms with Gasteiger partial charge in [0.1, 0.15) is 18.0 Å². The minimum Gasteiger partial charge on any atom is -0.301 e. The minimum atomic E-state index is -0.455. The molecule has 1 atom stereocenters. The van der Waals surface area contributed by atoms with Gasteiger partial charge in [-0.3, -0.25) is 0 Å². The van der Waals surface area contributed by atoms with Gasteiger partial charge in [-0.2, -0.15) is 5.10 Å². The van der Waals surface area contributed by atoms with Gasteiger partial charge in [0.15, 0.2) is 0 Å². The van der Waals surface area contributed by atoms with E-state index >= 15 is 0 Å². The van der Waals surface area contributed by atoms with Gasteiger partial charge < -0.3 is 5.32 Å². The second-order valence-corrected chi connectivity index (χ2v) is 6.08. The van der Waals surface area contributed by atoms with Crippen molar-refractivity contribution in [1.82, 2.24) is 35.1 Å². The maximum atomic E-state index is 13.2. The van der Waals surface area contributed by atoms with Crippen molar-refractivity contribution in [2.75, 3.05) is 0 Å². The first-order valence-corrected chi connectivity index (χ1v) is 8.06. The van der Waals surface area contributed by atoms with Crippen molar-refractivity contribution in [3.05, 3.63) is 53.1 Å². The number of benzene rings is 1. The normalized spacial score (nSPS) is 17.0. The second-order valence-electron chi connectivity index (χ2n) is 5.67. The molecule has 24 heavy (non-hydrogen) atoms. The zero-order chi connectivity index (χ0) is 16.5. The number of nitrogens with one attached hydrogen (secondary N) is 1. The van der Waals surface area contributed by atoms with Crippen LogP contribution in [0.4, 0.5) is 4.39 Å². The molecule has 0 spiro atoms. The van der Waals surface area contributed by atoms with Crippen molar-refractivity contribution < 1.29 is 4.39 Å². The molecule has 0 unspecified atom stereocenters. The average Bonchev–Trinajstić information content (AvgIpc) is 3.24. The Morgan fingerprint density at radius 3 is 3.17 bits per heavy atom. The van der Waals surface area contributed by atoms with Gasteiger partial charge in [0.2, 0.25) is 0 Å². The van der Waals surface area contributed by atoms with Crippen LogP contribution >= 0.6 is 11.6 Å². The minimum absolute atomic E-state index is 0.0595. The smallest absolute Gasteiger partial charge is 0.143 e. The number of rotatable bonds is 4. The van der Waals surface area contributed by atoms with Crippen LogP contribution in [0.25, 0.3) is 5.69 Å². The summed E-state index contributed by atoms with van der Waals surface area (Å²) in [6, 6.07) is 4.60. The SMILES string of the molecule is Fc1ccc(-n2cc(CN[C@@H]3CCCn4ncnc43)nn2)cc1Cl. The number of nitrogens with zero attached hydrogens (tertiary/aromatic N) is 6. The van der Waals surface area contributed by atoms with E-state index in [0.717, 1.165) is 30.9 Å². The first kappa shape index (κ1) is 15.2. The third-order valence-electron chi connectivity index (χ3n) is 4.06. The third kappa shape index (κ3) is 2.90. The Labute approximate surface area is 142 Å². The van der Waals surface area contributed by atoms with Gasteiger partial charge in [0, 0.05) is 13.1 Å². The van der Waals surface area contributed by atoms with E-state index in [2.05, 4.69) is 25.7 Å². The molecule has 0 amide bonds. The standard InChI is InChI=1S/C15H15ClFN7/c16-12-6-11(3-4-13(12)17)24-8-10(21-22-24)7-18-14-2-1-5-23-15(14)19-9-20-23/h3-4,6,8-9,14,18H,1-2,5,7H2/t14-/m1/s1. The highest BCUT2D eigenvalue weighted by atomic mass is 35.5. The fourth-order valence-corrected chi connectivity index (χ4v) is 3.02. The first-order valence-electron chi connectivity index (χ1n) is 7.68. The molecule has 1 aliphatic heterocycles. The molecular weight excluding hydrogens is 333 g/mol. The molecule has 4 rings (SSSR count). The van der Waals surface area contributed by atoms with Crippen LogP contribution in [0.5, 0.6) is 0 Å². The van der Waals surface area contributed by atoms with Crippen molar-refractivity contribution in [3.63, 3.8) is 0 Å². The van der Waals surface area contributed by atoms with Gasteiger partial charge in [0.05, 0.1) is 28.6 Å². The lowest BCUT2D eigenvalue weighted by molar-refractivity contribution is 0.365. The zero-order valence-electron chi connectivity index (χ0n) is 12.7. The highest BCUT2D eigenvalue weighted by Crippen LogP contribution is 2.22. The molecule has 3 heterocycles. The van der Waals surface area contributed by atoms with Crippen LogP contribution in [0.1, 0.15) is 30.4 Å². The predicted molar refractivity (Wildman–Crippen MR) is 85.2 cm³/mol. The number of aromatic nitrogens is 6. The van der Waals surface area contributed by atoms with E-state index in [1.165, 1.54) is 12.1 Å². The molecule has 124 valence electrons. The Bertz CT molecular complexity index is 859. The van der Waals surface area contributed by atoms with Gasteiger partial charge >= 0.3 is 0 Å². The molecular formula is C15H15ClFN7. The summed E-state index contributed by atoms with van der Waals surface area (Å²) >= 11 is 5.81. The molecule has 3 aromatic rings. The lowest BCUT2D eigenvalue weighted by atomic mass is 10.1. The number of halogens is 2. The summed E-state index contributed by atoms with van der Waals surface area (Å²) in [4.78, 5) is 4.32. The number of fused-ring (bicyclic) bond motifs is 1. The maximum absolute atomic E-state index is 13.2. The summed E-state index contributed by atoms with van der Waals surface area (Å²) in [5.41, 5.74) is 1.45. The van der Waals surface area contributed by atoms with Crippen molar-refractivity contribution in [1.29, 1.82) is 0 Å². The lowest BCUT2D eigenvalue weighted by Crippen LogP contribution is -2.28. The topological polar surface area (TPSA) is 73.5 Å². The number of aryl methyl sites for hydroxylation is 1. The number of hydrogen-bond donors (Lipinski definition) is 1. The van der Waals surface area contributed by atoms with Gasteiger partial charge in [-0.1, -0.05) is 16.8 Å². The summed E-state index contributed by atoms with van der Waals surface area (Å²) in [5, 5.41) is 15.9. The average molecular weight is 348 g/mol. The van der Waals surface area contributed by atoms with Gasteiger partial charge in [0.25, 0.3) is 0 Å². The van der Waals surface area contributed by atoms with E-state index in [4.69, 9.17) is 11.6 Å². The summed E-state index contributed by atoms with van der Waals surface area (Å²) in [7, 11) is 0. The summed E-state index contributed by atoms with van der Waals surface area (Å²) < 4.78 is 16.7. The van der Waals surface area contributed by atoms with E-state index < -0.39 is 5.82 Å². The van der Waals surface area contributed by atoms with Crippen LogP contribution in [0.3, 0.4) is 0 Å². The second kappa shape index (κ2) is 6.29. The third-order valence-corrected chi connectivity index (χ3v) is 4.35. The molecule has 0 saturated heterocycles. The molecule has 7 nitrogen and oxygen atoms in total. The van der Waals surface area contributed by atoms with Gasteiger partial charge in [-0.05, 0) is 31.0 Å². The molecule has 2 aromatic heterocycles. The van der Waals surface area contributed by atoms with E-state index in [-0.39, 0.29) is 11.1 Å². The Hall–Kier alpha value is -2.32. The quantitative estimate of drug-likeness (QED) is 0.783. The highest BCUT2D eigenvalue weighted by Gasteiger charge is 2.22. The van der Waals surface area contributed by atoms with Crippen LogP contribution in [-0.2, 0) is 13.1 Å². The molecule has 0 radical (unpaired) electrons. The molecule has 1 N–H and O–H groups in total. The van der Waals surface area contributed by atoms with E-state index in [1.54, 1.807) is 23.3 Å². The van der Waals surface area contributed by atoms with E-state index in [1.807, 2.05) is 4.68 Å². The molecule has 9 heteroatoms. The monoisotopic (exact) mass is 347 g/mol. The van der Waals surface area contributed by atoms with E-state index in [0.29, 0.717) is 12.2 Å². The highest BCUT2D eigenvalue weighted by molar-refractivity contribution is 6.30. The molecule has 1 aromatic carbocycles. The van der Waals surface area contributed by atoms with Gasteiger partial charge in [-0.25, -0.2) is 18.7 Å². The fourth-order valence-electron chi connectivity index (χ4n) is 2.84. The Kier molecular flexibility index (Phi) is 3.99. The zero-order valence-corrected chi connectivity index (χ0v) is 13.5. The van der Waals surface area contributed by atoms with Crippen LogP contribution < -0.4 is 5.32 Å². The van der Waals surface area contributed by atoms with Gasteiger partial charge in [-0.15, -0.1) is 5.10 Å². The molecule has 1 aliphatic rings. The van der Waals surface area contributed by atoms with Crippen LogP contribution in [0.15, 0.2) is 30.7 Å². The first-order chi connectivity index (χ1) is 11.7. The van der Waals surface area contributed by atoms with Crippen LogP contribution in [-0.4, -0.2) is 29.8 Å². The molecule has 0 saturated carbocycles. The Morgan fingerprint density at radius 1 is 1.38 bits per heavy atom. The Balaban J connectivity index is 1.46. The van der Waals surface area contributed by atoms with Crippen molar-refractivity contribution in [2.24, 2.45) is 0 Å². The maximum Gasteiger partial charge on any atom is 0.143 e. The molecule has 0 fully saturated rings. The number of hydrogen-bond acceptors (Lipinski definition) is 5. The molecule has 0 aliphatic carbocycles.